The van der Waals surface area contributed by atoms with E-state index in [4.69, 9.17) is 4.74 Å². The minimum atomic E-state index is -4.34. The molecule has 0 aromatic heterocycles. The van der Waals surface area contributed by atoms with Crippen molar-refractivity contribution in [3.05, 3.63) is 35.4 Å². The summed E-state index contributed by atoms with van der Waals surface area (Å²) in [6.45, 7) is 2.64. The van der Waals surface area contributed by atoms with Gasteiger partial charge in [-0.1, -0.05) is 25.1 Å². The third kappa shape index (κ3) is 3.71. The number of rotatable bonds is 5. The Morgan fingerprint density at radius 1 is 1.29 bits per heavy atom. The van der Waals surface area contributed by atoms with Gasteiger partial charge >= 0.3 is 6.18 Å². The molecule has 0 radical (unpaired) electrons. The molecule has 1 N–H and O–H groups in total. The van der Waals surface area contributed by atoms with E-state index >= 15 is 0 Å². The molecular formula is C12H16F3NO. The van der Waals surface area contributed by atoms with E-state index in [-0.39, 0.29) is 12.2 Å². The Morgan fingerprint density at radius 3 is 2.47 bits per heavy atom. The van der Waals surface area contributed by atoms with Gasteiger partial charge in [-0.2, -0.15) is 13.2 Å². The van der Waals surface area contributed by atoms with E-state index in [0.29, 0.717) is 6.54 Å². The maximum Gasteiger partial charge on any atom is 0.416 e. The molecule has 0 aliphatic carbocycles. The minimum Gasteiger partial charge on any atom is -0.383 e. The molecule has 0 spiro atoms. The lowest BCUT2D eigenvalue weighted by molar-refractivity contribution is -0.138. The van der Waals surface area contributed by atoms with E-state index in [1.807, 2.05) is 6.92 Å². The third-order valence-electron chi connectivity index (χ3n) is 2.43. The van der Waals surface area contributed by atoms with Crippen molar-refractivity contribution in [2.24, 2.45) is 0 Å². The SMILES string of the molecule is CCNC(COC)c1ccccc1C(F)(F)F. The minimum absolute atomic E-state index is 0.209. The van der Waals surface area contributed by atoms with Crippen molar-refractivity contribution >= 4 is 0 Å². The number of hydrogen-bond acceptors (Lipinski definition) is 2. The Morgan fingerprint density at radius 2 is 1.94 bits per heavy atom. The van der Waals surface area contributed by atoms with Gasteiger partial charge in [0.1, 0.15) is 0 Å². The van der Waals surface area contributed by atoms with E-state index in [2.05, 4.69) is 5.32 Å². The molecule has 0 aliphatic rings. The van der Waals surface area contributed by atoms with Crippen molar-refractivity contribution in [2.45, 2.75) is 19.1 Å². The van der Waals surface area contributed by atoms with E-state index in [0.717, 1.165) is 6.07 Å². The number of alkyl halides is 3. The highest BCUT2D eigenvalue weighted by Gasteiger charge is 2.34. The predicted octanol–water partition coefficient (Wildman–Crippen LogP) is 3.00. The maximum absolute atomic E-state index is 12.8. The molecule has 17 heavy (non-hydrogen) atoms. The molecular weight excluding hydrogens is 231 g/mol. The number of likely N-dealkylation sites (N-methyl/N-ethyl adjacent to an activating group) is 1. The van der Waals surface area contributed by atoms with Crippen molar-refractivity contribution in [3.63, 3.8) is 0 Å². The van der Waals surface area contributed by atoms with Gasteiger partial charge in [0, 0.05) is 7.11 Å². The van der Waals surface area contributed by atoms with Crippen LogP contribution in [0.4, 0.5) is 13.2 Å². The maximum atomic E-state index is 12.8. The molecule has 1 rings (SSSR count). The molecule has 0 heterocycles. The first kappa shape index (κ1) is 14.0. The molecule has 0 bridgehead atoms. The lowest BCUT2D eigenvalue weighted by Crippen LogP contribution is -2.27. The smallest absolute Gasteiger partial charge is 0.383 e. The van der Waals surface area contributed by atoms with Crippen LogP contribution >= 0.6 is 0 Å². The van der Waals surface area contributed by atoms with Crippen molar-refractivity contribution in [2.75, 3.05) is 20.3 Å². The quantitative estimate of drug-likeness (QED) is 0.863. The van der Waals surface area contributed by atoms with Crippen LogP contribution in [-0.2, 0) is 10.9 Å². The summed E-state index contributed by atoms with van der Waals surface area (Å²) in [5, 5.41) is 2.99. The average Bonchev–Trinajstić information content (AvgIpc) is 2.28. The van der Waals surface area contributed by atoms with Crippen LogP contribution in [0.15, 0.2) is 24.3 Å². The number of hydrogen-bond donors (Lipinski definition) is 1. The van der Waals surface area contributed by atoms with Gasteiger partial charge in [0.05, 0.1) is 18.2 Å². The normalized spacial score (nSPS) is 13.7. The second-order valence-electron chi connectivity index (χ2n) is 3.65. The Bertz CT molecular complexity index is 346. The summed E-state index contributed by atoms with van der Waals surface area (Å²) in [7, 11) is 1.47. The monoisotopic (exact) mass is 247 g/mol. The first-order chi connectivity index (χ1) is 8.00. The topological polar surface area (TPSA) is 21.3 Å². The molecule has 96 valence electrons. The van der Waals surface area contributed by atoms with Crippen molar-refractivity contribution in [1.29, 1.82) is 0 Å². The fourth-order valence-electron chi connectivity index (χ4n) is 1.73. The van der Waals surface area contributed by atoms with Gasteiger partial charge in [0.2, 0.25) is 0 Å². The van der Waals surface area contributed by atoms with Crippen LogP contribution in [0, 0.1) is 0 Å². The van der Waals surface area contributed by atoms with Gasteiger partial charge in [0.15, 0.2) is 0 Å². The molecule has 0 saturated heterocycles. The van der Waals surface area contributed by atoms with Crippen LogP contribution in [0.25, 0.3) is 0 Å². The third-order valence-corrected chi connectivity index (χ3v) is 2.43. The summed E-state index contributed by atoms with van der Waals surface area (Å²) in [6.07, 6.45) is -4.34. The summed E-state index contributed by atoms with van der Waals surface area (Å²) >= 11 is 0. The lowest BCUT2D eigenvalue weighted by atomic mass is 10.0. The largest absolute Gasteiger partial charge is 0.416 e. The summed E-state index contributed by atoms with van der Waals surface area (Å²) < 4.78 is 43.4. The Labute approximate surface area is 98.8 Å². The van der Waals surface area contributed by atoms with Crippen LogP contribution < -0.4 is 5.32 Å². The fraction of sp³-hybridized carbons (Fsp3) is 0.500. The highest BCUT2D eigenvalue weighted by molar-refractivity contribution is 5.32. The average molecular weight is 247 g/mol. The van der Waals surface area contributed by atoms with Gasteiger partial charge in [-0.3, -0.25) is 0 Å². The standard InChI is InChI=1S/C12H16F3NO/c1-3-16-11(8-17-2)9-6-4-5-7-10(9)12(13,14)15/h4-7,11,16H,3,8H2,1-2H3. The summed E-state index contributed by atoms with van der Waals surface area (Å²) in [5.74, 6) is 0. The Hall–Kier alpha value is -1.07. The molecule has 0 saturated carbocycles. The molecule has 2 nitrogen and oxygen atoms in total. The van der Waals surface area contributed by atoms with Crippen molar-refractivity contribution < 1.29 is 17.9 Å². The zero-order valence-corrected chi connectivity index (χ0v) is 9.84. The second-order valence-corrected chi connectivity index (χ2v) is 3.65. The zero-order chi connectivity index (χ0) is 12.9. The van der Waals surface area contributed by atoms with Crippen molar-refractivity contribution in [1.82, 2.24) is 5.32 Å². The van der Waals surface area contributed by atoms with Crippen LogP contribution in [0.5, 0.6) is 0 Å². The molecule has 0 amide bonds. The molecule has 1 aromatic carbocycles. The lowest BCUT2D eigenvalue weighted by Gasteiger charge is -2.21. The van der Waals surface area contributed by atoms with Crippen LogP contribution in [0.2, 0.25) is 0 Å². The predicted molar refractivity (Wildman–Crippen MR) is 59.7 cm³/mol. The van der Waals surface area contributed by atoms with Crippen LogP contribution in [0.1, 0.15) is 24.1 Å². The molecule has 5 heteroatoms. The first-order valence-corrected chi connectivity index (χ1v) is 5.39. The van der Waals surface area contributed by atoms with Crippen LogP contribution in [-0.4, -0.2) is 20.3 Å². The second kappa shape index (κ2) is 6.02. The number of ether oxygens (including phenoxy) is 1. The van der Waals surface area contributed by atoms with Crippen molar-refractivity contribution in [3.8, 4) is 0 Å². The highest BCUT2D eigenvalue weighted by atomic mass is 19.4. The van der Waals surface area contributed by atoms with Gasteiger partial charge in [-0.25, -0.2) is 0 Å². The summed E-state index contributed by atoms with van der Waals surface area (Å²) in [5.41, 5.74) is -0.383. The van der Waals surface area contributed by atoms with Gasteiger partial charge in [-0.05, 0) is 18.2 Å². The fourth-order valence-corrected chi connectivity index (χ4v) is 1.73. The molecule has 0 fully saturated rings. The molecule has 1 unspecified atom stereocenters. The number of halogens is 3. The van der Waals surface area contributed by atoms with Gasteiger partial charge in [-0.15, -0.1) is 0 Å². The summed E-state index contributed by atoms with van der Waals surface area (Å²) in [4.78, 5) is 0. The van der Waals surface area contributed by atoms with E-state index < -0.39 is 17.8 Å². The molecule has 0 aliphatic heterocycles. The van der Waals surface area contributed by atoms with Crippen LogP contribution in [0.3, 0.4) is 0 Å². The Balaban J connectivity index is 3.09. The number of nitrogens with one attached hydrogen (secondary N) is 1. The number of methoxy groups -OCH3 is 1. The molecule has 1 aromatic rings. The van der Waals surface area contributed by atoms with E-state index in [9.17, 15) is 13.2 Å². The van der Waals surface area contributed by atoms with Gasteiger partial charge in [0.25, 0.3) is 0 Å². The highest BCUT2D eigenvalue weighted by Crippen LogP contribution is 2.34. The van der Waals surface area contributed by atoms with Gasteiger partial charge < -0.3 is 10.1 Å². The number of benzene rings is 1. The first-order valence-electron chi connectivity index (χ1n) is 5.39. The van der Waals surface area contributed by atoms with E-state index in [1.165, 1.54) is 19.2 Å². The summed E-state index contributed by atoms with van der Waals surface area (Å²) in [6, 6.07) is 5.12. The molecule has 1 atom stereocenters. The Kier molecular flexibility index (Phi) is 4.96. The zero-order valence-electron chi connectivity index (χ0n) is 9.84. The van der Waals surface area contributed by atoms with E-state index in [1.54, 1.807) is 6.07 Å².